The molecule has 0 aliphatic carbocycles. The van der Waals surface area contributed by atoms with Gasteiger partial charge in [-0.3, -0.25) is 4.79 Å². The predicted molar refractivity (Wildman–Crippen MR) is 99.2 cm³/mol. The van der Waals surface area contributed by atoms with E-state index in [0.717, 1.165) is 34.5 Å². The van der Waals surface area contributed by atoms with Crippen LogP contribution in [0.2, 0.25) is 0 Å². The van der Waals surface area contributed by atoms with Gasteiger partial charge in [0.25, 0.3) is 0 Å². The summed E-state index contributed by atoms with van der Waals surface area (Å²) < 4.78 is 6.33. The molecule has 0 spiro atoms. The summed E-state index contributed by atoms with van der Waals surface area (Å²) in [6.45, 7) is 3.08. The fraction of sp³-hybridized carbons (Fsp3) is 0.235. The molecule has 2 aromatic rings. The molecule has 23 heavy (non-hydrogen) atoms. The van der Waals surface area contributed by atoms with Crippen molar-refractivity contribution in [3.63, 3.8) is 0 Å². The summed E-state index contributed by atoms with van der Waals surface area (Å²) in [7, 11) is 0. The van der Waals surface area contributed by atoms with Crippen LogP contribution in [0.3, 0.4) is 0 Å². The van der Waals surface area contributed by atoms with E-state index < -0.39 is 0 Å². The fourth-order valence-corrected chi connectivity index (χ4v) is 3.39. The van der Waals surface area contributed by atoms with Crippen LogP contribution < -0.4 is 10.2 Å². The Kier molecular flexibility index (Phi) is 5.48. The van der Waals surface area contributed by atoms with Crippen LogP contribution in [-0.4, -0.2) is 32.2 Å². The van der Waals surface area contributed by atoms with Gasteiger partial charge in [0.2, 0.25) is 5.91 Å². The average Bonchev–Trinajstić information content (AvgIpc) is 3.07. The maximum Gasteiger partial charge on any atom is 0.248 e. The van der Waals surface area contributed by atoms with Gasteiger partial charge in [-0.15, -0.1) is 0 Å². The summed E-state index contributed by atoms with van der Waals surface area (Å²) in [5.41, 5.74) is 2.86. The number of morpholine rings is 1. The van der Waals surface area contributed by atoms with Crippen molar-refractivity contribution in [1.82, 2.24) is 0 Å². The van der Waals surface area contributed by atoms with Crippen LogP contribution in [0.4, 0.5) is 11.4 Å². The van der Waals surface area contributed by atoms with E-state index in [0.29, 0.717) is 13.2 Å². The number of nitrogens with one attached hydrogen (secondary N) is 1. The summed E-state index contributed by atoms with van der Waals surface area (Å²) in [6.07, 6.45) is 3.38. The molecule has 1 amide bonds. The van der Waals surface area contributed by atoms with Crippen LogP contribution in [0.25, 0.3) is 6.08 Å². The highest BCUT2D eigenvalue weighted by atomic mass is 79.9. The molecular weight excluding hydrogens is 376 g/mol. The van der Waals surface area contributed by atoms with Crippen molar-refractivity contribution in [2.75, 3.05) is 36.5 Å². The quantitative estimate of drug-likeness (QED) is 0.799. The van der Waals surface area contributed by atoms with Gasteiger partial charge in [-0.2, -0.15) is 11.3 Å². The van der Waals surface area contributed by atoms with Crippen LogP contribution >= 0.6 is 27.3 Å². The van der Waals surface area contributed by atoms with Crippen molar-refractivity contribution >= 4 is 50.6 Å². The molecule has 1 aliphatic rings. The van der Waals surface area contributed by atoms with Gasteiger partial charge in [-0.05, 0) is 46.7 Å². The van der Waals surface area contributed by atoms with Gasteiger partial charge in [-0.25, -0.2) is 0 Å². The lowest BCUT2D eigenvalue weighted by Crippen LogP contribution is -2.36. The zero-order chi connectivity index (χ0) is 16.1. The molecule has 0 atom stereocenters. The molecule has 2 heterocycles. The van der Waals surface area contributed by atoms with Crippen molar-refractivity contribution in [1.29, 1.82) is 0 Å². The molecule has 1 fully saturated rings. The monoisotopic (exact) mass is 392 g/mol. The number of carbonyl (C=O) groups is 1. The zero-order valence-electron chi connectivity index (χ0n) is 12.5. The SMILES string of the molecule is O=C(/C=C/c1ccsc1)Nc1cc(Br)ccc1N1CCOCC1. The summed E-state index contributed by atoms with van der Waals surface area (Å²) >= 11 is 5.08. The lowest BCUT2D eigenvalue weighted by atomic mass is 10.2. The molecule has 0 unspecified atom stereocenters. The molecule has 6 heteroatoms. The van der Waals surface area contributed by atoms with Gasteiger partial charge in [0.05, 0.1) is 24.6 Å². The van der Waals surface area contributed by atoms with Gasteiger partial charge in [-0.1, -0.05) is 15.9 Å². The van der Waals surface area contributed by atoms with Crippen molar-refractivity contribution in [3.8, 4) is 0 Å². The highest BCUT2D eigenvalue weighted by Gasteiger charge is 2.15. The first-order chi connectivity index (χ1) is 11.2. The van der Waals surface area contributed by atoms with Crippen molar-refractivity contribution in [2.45, 2.75) is 0 Å². The molecule has 0 saturated carbocycles. The lowest BCUT2D eigenvalue weighted by Gasteiger charge is -2.30. The van der Waals surface area contributed by atoms with Crippen molar-refractivity contribution in [3.05, 3.63) is 51.1 Å². The van der Waals surface area contributed by atoms with Crippen molar-refractivity contribution in [2.24, 2.45) is 0 Å². The van der Waals surface area contributed by atoms with Crippen LogP contribution in [0, 0.1) is 0 Å². The van der Waals surface area contributed by atoms with E-state index in [2.05, 4.69) is 26.1 Å². The van der Waals surface area contributed by atoms with Crippen LogP contribution in [-0.2, 0) is 9.53 Å². The maximum atomic E-state index is 12.2. The number of hydrogen-bond donors (Lipinski definition) is 1. The normalized spacial score (nSPS) is 15.1. The number of benzene rings is 1. The largest absolute Gasteiger partial charge is 0.378 e. The van der Waals surface area contributed by atoms with Crippen LogP contribution in [0.5, 0.6) is 0 Å². The van der Waals surface area contributed by atoms with Gasteiger partial charge < -0.3 is 15.0 Å². The molecule has 1 N–H and O–H groups in total. The van der Waals surface area contributed by atoms with Gasteiger partial charge in [0, 0.05) is 23.6 Å². The van der Waals surface area contributed by atoms with Crippen LogP contribution in [0.15, 0.2) is 45.6 Å². The second-order valence-electron chi connectivity index (χ2n) is 5.14. The number of nitrogens with zero attached hydrogens (tertiary/aromatic N) is 1. The minimum atomic E-state index is -0.135. The van der Waals surface area contributed by atoms with E-state index in [-0.39, 0.29) is 5.91 Å². The third-order valence-electron chi connectivity index (χ3n) is 3.54. The molecule has 120 valence electrons. The second-order valence-corrected chi connectivity index (χ2v) is 6.84. The standard InChI is InChI=1S/C17H17BrN2O2S/c18-14-2-3-16(20-6-8-22-9-7-20)15(11-14)19-17(21)4-1-13-5-10-23-12-13/h1-5,10-12H,6-9H2,(H,19,21)/b4-1+. The molecule has 3 rings (SSSR count). The maximum absolute atomic E-state index is 12.2. The third-order valence-corrected chi connectivity index (χ3v) is 4.73. The van der Waals surface area contributed by atoms with E-state index in [1.807, 2.05) is 41.1 Å². The van der Waals surface area contributed by atoms with E-state index >= 15 is 0 Å². The molecule has 1 aromatic carbocycles. The van der Waals surface area contributed by atoms with Gasteiger partial charge >= 0.3 is 0 Å². The molecule has 1 aromatic heterocycles. The van der Waals surface area contributed by atoms with E-state index in [4.69, 9.17) is 4.74 Å². The Morgan fingerprint density at radius 3 is 2.87 bits per heavy atom. The number of halogens is 1. The molecule has 4 nitrogen and oxygen atoms in total. The molecule has 1 aliphatic heterocycles. The minimum absolute atomic E-state index is 0.135. The fourth-order valence-electron chi connectivity index (χ4n) is 2.40. The highest BCUT2D eigenvalue weighted by Crippen LogP contribution is 2.30. The predicted octanol–water partition coefficient (Wildman–Crippen LogP) is 4.00. The minimum Gasteiger partial charge on any atom is -0.378 e. The summed E-state index contributed by atoms with van der Waals surface area (Å²) in [6, 6.07) is 7.92. The first-order valence-electron chi connectivity index (χ1n) is 7.36. The Labute approximate surface area is 147 Å². The van der Waals surface area contributed by atoms with Gasteiger partial charge in [0.15, 0.2) is 0 Å². The van der Waals surface area contributed by atoms with Crippen molar-refractivity contribution < 1.29 is 9.53 Å². The summed E-state index contributed by atoms with van der Waals surface area (Å²) in [5.74, 6) is -0.135. The number of thiophene rings is 1. The highest BCUT2D eigenvalue weighted by molar-refractivity contribution is 9.10. The Balaban J connectivity index is 1.75. The Hall–Kier alpha value is -1.63. The zero-order valence-corrected chi connectivity index (χ0v) is 14.9. The van der Waals surface area contributed by atoms with E-state index in [9.17, 15) is 4.79 Å². The first-order valence-corrected chi connectivity index (χ1v) is 9.09. The smallest absolute Gasteiger partial charge is 0.248 e. The Bertz CT molecular complexity index is 695. The number of carbonyl (C=O) groups excluding carboxylic acids is 1. The first kappa shape index (κ1) is 16.2. The topological polar surface area (TPSA) is 41.6 Å². The Morgan fingerprint density at radius 1 is 1.30 bits per heavy atom. The summed E-state index contributed by atoms with van der Waals surface area (Å²) in [4.78, 5) is 14.4. The number of amides is 1. The van der Waals surface area contributed by atoms with Crippen LogP contribution in [0.1, 0.15) is 5.56 Å². The molecule has 0 bridgehead atoms. The second kappa shape index (κ2) is 7.77. The Morgan fingerprint density at radius 2 is 2.13 bits per heavy atom. The number of ether oxygens (including phenoxy) is 1. The molecule has 0 radical (unpaired) electrons. The van der Waals surface area contributed by atoms with Gasteiger partial charge in [0.1, 0.15) is 0 Å². The lowest BCUT2D eigenvalue weighted by molar-refractivity contribution is -0.111. The summed E-state index contributed by atoms with van der Waals surface area (Å²) in [5, 5.41) is 6.97. The molecular formula is C17H17BrN2O2S. The number of hydrogen-bond acceptors (Lipinski definition) is 4. The average molecular weight is 393 g/mol. The number of rotatable bonds is 4. The molecule has 1 saturated heterocycles. The number of anilines is 2. The van der Waals surface area contributed by atoms with E-state index in [1.165, 1.54) is 0 Å². The third kappa shape index (κ3) is 4.43. The van der Waals surface area contributed by atoms with E-state index in [1.54, 1.807) is 17.4 Å².